The van der Waals surface area contributed by atoms with Gasteiger partial charge in [0.1, 0.15) is 12.4 Å². The molecule has 0 amide bonds. The second-order valence-corrected chi connectivity index (χ2v) is 6.80. The fraction of sp³-hybridized carbons (Fsp3) is 0.333. The standard InChI is InChI=1S/C18H20BrClO/c1-13-9-17(19)11-18(10-13)21-12-16(14(2)20)8-4-7-15-5-3-6-15/h4,7-11,15H,2-3,5-6,12H2,1H3/b7-4+,16-8-. The summed E-state index contributed by atoms with van der Waals surface area (Å²) in [5.41, 5.74) is 2.06. The van der Waals surface area contributed by atoms with E-state index in [1.807, 2.05) is 31.2 Å². The van der Waals surface area contributed by atoms with Crippen LogP contribution in [0.1, 0.15) is 24.8 Å². The highest BCUT2D eigenvalue weighted by Crippen LogP contribution is 2.27. The molecule has 0 unspecified atom stereocenters. The zero-order chi connectivity index (χ0) is 15.2. The SMILES string of the molecule is C=C(Cl)/C(=C\C=C\C1CCC1)COc1cc(C)cc(Br)c1. The van der Waals surface area contributed by atoms with Gasteiger partial charge in [-0.2, -0.15) is 0 Å². The third-order valence-electron chi connectivity index (χ3n) is 3.59. The van der Waals surface area contributed by atoms with Gasteiger partial charge in [-0.25, -0.2) is 0 Å². The maximum absolute atomic E-state index is 6.05. The van der Waals surface area contributed by atoms with Gasteiger partial charge in [0, 0.05) is 15.1 Å². The van der Waals surface area contributed by atoms with Gasteiger partial charge in [-0.15, -0.1) is 0 Å². The third kappa shape index (κ3) is 5.37. The molecule has 1 saturated carbocycles. The molecule has 0 aliphatic heterocycles. The largest absolute Gasteiger partial charge is 0.489 e. The number of benzene rings is 1. The van der Waals surface area contributed by atoms with Gasteiger partial charge >= 0.3 is 0 Å². The van der Waals surface area contributed by atoms with Crippen molar-refractivity contribution in [3.8, 4) is 5.75 Å². The number of ether oxygens (including phenoxy) is 1. The minimum absolute atomic E-state index is 0.424. The van der Waals surface area contributed by atoms with Gasteiger partial charge in [0.25, 0.3) is 0 Å². The van der Waals surface area contributed by atoms with E-state index in [2.05, 4.69) is 34.7 Å². The molecule has 3 heteroatoms. The van der Waals surface area contributed by atoms with Crippen LogP contribution in [-0.4, -0.2) is 6.61 Å². The summed E-state index contributed by atoms with van der Waals surface area (Å²) in [6.07, 6.45) is 10.3. The summed E-state index contributed by atoms with van der Waals surface area (Å²) in [5, 5.41) is 0.528. The highest BCUT2D eigenvalue weighted by molar-refractivity contribution is 9.10. The molecule has 112 valence electrons. The smallest absolute Gasteiger partial charge is 0.121 e. The van der Waals surface area contributed by atoms with Crippen molar-refractivity contribution in [1.82, 2.24) is 0 Å². The van der Waals surface area contributed by atoms with E-state index in [0.717, 1.165) is 27.3 Å². The number of rotatable bonds is 6. The normalized spacial score (nSPS) is 16.0. The zero-order valence-corrected chi connectivity index (χ0v) is 14.6. The molecule has 2 rings (SSSR count). The van der Waals surface area contributed by atoms with E-state index in [1.165, 1.54) is 19.3 Å². The van der Waals surface area contributed by atoms with Crippen molar-refractivity contribution in [1.29, 1.82) is 0 Å². The molecule has 0 saturated heterocycles. The van der Waals surface area contributed by atoms with Crippen molar-refractivity contribution < 1.29 is 4.74 Å². The van der Waals surface area contributed by atoms with Crippen molar-refractivity contribution in [2.45, 2.75) is 26.2 Å². The molecular weight excluding hydrogens is 348 g/mol. The zero-order valence-electron chi connectivity index (χ0n) is 12.2. The summed E-state index contributed by atoms with van der Waals surface area (Å²) in [6, 6.07) is 6.00. The van der Waals surface area contributed by atoms with Crippen LogP contribution in [0.25, 0.3) is 0 Å². The van der Waals surface area contributed by atoms with Crippen LogP contribution in [0.3, 0.4) is 0 Å². The molecule has 1 aromatic rings. The Morgan fingerprint density at radius 2 is 2.19 bits per heavy atom. The number of allylic oxidation sites excluding steroid dienone is 3. The van der Waals surface area contributed by atoms with Crippen molar-refractivity contribution in [3.63, 3.8) is 0 Å². The summed E-state index contributed by atoms with van der Waals surface area (Å²) >= 11 is 9.52. The quantitative estimate of drug-likeness (QED) is 0.546. The molecule has 1 nitrogen and oxygen atoms in total. The molecule has 0 heterocycles. The molecule has 0 bridgehead atoms. The molecule has 0 atom stereocenters. The summed E-state index contributed by atoms with van der Waals surface area (Å²) in [6.45, 7) is 6.27. The second kappa shape index (κ2) is 7.86. The van der Waals surface area contributed by atoms with Gasteiger partial charge in [0.15, 0.2) is 0 Å². The van der Waals surface area contributed by atoms with Gasteiger partial charge in [-0.05, 0) is 49.4 Å². The lowest BCUT2D eigenvalue weighted by atomic mass is 9.85. The van der Waals surface area contributed by atoms with Gasteiger partial charge in [0.05, 0.1) is 0 Å². The highest BCUT2D eigenvalue weighted by Gasteiger charge is 2.12. The van der Waals surface area contributed by atoms with Crippen molar-refractivity contribution in [2.24, 2.45) is 5.92 Å². The average molecular weight is 368 g/mol. The Kier molecular flexibility index (Phi) is 6.13. The maximum atomic E-state index is 6.05. The summed E-state index contributed by atoms with van der Waals surface area (Å²) < 4.78 is 6.82. The molecule has 0 spiro atoms. The van der Waals surface area contributed by atoms with Crippen LogP contribution in [-0.2, 0) is 0 Å². The van der Waals surface area contributed by atoms with Crippen LogP contribution in [0.2, 0.25) is 0 Å². The number of hydrogen-bond acceptors (Lipinski definition) is 1. The molecule has 0 aromatic heterocycles. The minimum atomic E-state index is 0.424. The van der Waals surface area contributed by atoms with Gasteiger partial charge < -0.3 is 4.74 Å². The highest BCUT2D eigenvalue weighted by atomic mass is 79.9. The Morgan fingerprint density at radius 1 is 1.43 bits per heavy atom. The molecule has 21 heavy (non-hydrogen) atoms. The lowest BCUT2D eigenvalue weighted by Crippen LogP contribution is -2.06. The lowest BCUT2D eigenvalue weighted by molar-refractivity contribution is 0.354. The molecule has 1 aliphatic rings. The van der Waals surface area contributed by atoms with Crippen LogP contribution in [0.5, 0.6) is 5.75 Å². The molecule has 1 aliphatic carbocycles. The summed E-state index contributed by atoms with van der Waals surface area (Å²) in [4.78, 5) is 0. The van der Waals surface area contributed by atoms with Crippen LogP contribution in [0.4, 0.5) is 0 Å². The van der Waals surface area contributed by atoms with Crippen LogP contribution in [0.15, 0.2) is 58.1 Å². The first-order chi connectivity index (χ1) is 10.0. The molecule has 0 N–H and O–H groups in total. The van der Waals surface area contributed by atoms with Crippen LogP contribution >= 0.6 is 27.5 Å². The van der Waals surface area contributed by atoms with E-state index in [4.69, 9.17) is 16.3 Å². The van der Waals surface area contributed by atoms with E-state index < -0.39 is 0 Å². The first-order valence-electron chi connectivity index (χ1n) is 7.17. The third-order valence-corrected chi connectivity index (χ3v) is 4.29. The van der Waals surface area contributed by atoms with E-state index in [0.29, 0.717) is 11.6 Å². The molecule has 1 fully saturated rings. The minimum Gasteiger partial charge on any atom is -0.489 e. The molecule has 1 aromatic carbocycles. The topological polar surface area (TPSA) is 9.23 Å². The predicted molar refractivity (Wildman–Crippen MR) is 93.9 cm³/mol. The van der Waals surface area contributed by atoms with Gasteiger partial charge in [-0.3, -0.25) is 0 Å². The Balaban J connectivity index is 1.97. The predicted octanol–water partition coefficient (Wildman–Crippen LogP) is 6.17. The van der Waals surface area contributed by atoms with E-state index in [9.17, 15) is 0 Å². The monoisotopic (exact) mass is 366 g/mol. The second-order valence-electron chi connectivity index (χ2n) is 5.43. The number of aryl methyl sites for hydroxylation is 1. The van der Waals surface area contributed by atoms with E-state index in [1.54, 1.807) is 0 Å². The van der Waals surface area contributed by atoms with Crippen LogP contribution in [0, 0.1) is 12.8 Å². The average Bonchev–Trinajstić information content (AvgIpc) is 2.34. The van der Waals surface area contributed by atoms with Gasteiger partial charge in [-0.1, -0.05) is 58.8 Å². The van der Waals surface area contributed by atoms with E-state index in [-0.39, 0.29) is 0 Å². The first kappa shape index (κ1) is 16.4. The van der Waals surface area contributed by atoms with Gasteiger partial charge in [0.2, 0.25) is 0 Å². The Hall–Kier alpha value is -0.990. The van der Waals surface area contributed by atoms with E-state index >= 15 is 0 Å². The Morgan fingerprint density at radius 3 is 2.76 bits per heavy atom. The molecular formula is C18H20BrClO. The number of halogens is 2. The number of hydrogen-bond donors (Lipinski definition) is 0. The first-order valence-corrected chi connectivity index (χ1v) is 8.34. The summed E-state index contributed by atoms with van der Waals surface area (Å²) in [7, 11) is 0. The summed E-state index contributed by atoms with van der Waals surface area (Å²) in [5.74, 6) is 1.56. The Labute approximate surface area is 140 Å². The fourth-order valence-corrected chi connectivity index (χ4v) is 2.83. The maximum Gasteiger partial charge on any atom is 0.121 e. The fourth-order valence-electron chi connectivity index (χ4n) is 2.13. The van der Waals surface area contributed by atoms with Crippen molar-refractivity contribution in [2.75, 3.05) is 6.61 Å². The Bertz CT molecular complexity index is 550. The van der Waals surface area contributed by atoms with Crippen molar-refractivity contribution >= 4 is 27.5 Å². The van der Waals surface area contributed by atoms with Crippen molar-refractivity contribution in [3.05, 3.63) is 63.6 Å². The lowest BCUT2D eigenvalue weighted by Gasteiger charge is -2.21. The molecule has 0 radical (unpaired) electrons. The van der Waals surface area contributed by atoms with Crippen LogP contribution < -0.4 is 4.74 Å².